The number of benzene rings is 2. The van der Waals surface area contributed by atoms with E-state index >= 15 is 0 Å². The molecule has 0 spiro atoms. The van der Waals surface area contributed by atoms with Gasteiger partial charge in [0.2, 0.25) is 5.91 Å². The number of rotatable bonds is 9. The molecular weight excluding hydrogens is 430 g/mol. The van der Waals surface area contributed by atoms with Crippen molar-refractivity contribution in [2.45, 2.75) is 31.6 Å². The molecule has 31 heavy (non-hydrogen) atoms. The molecule has 1 aromatic heterocycles. The lowest BCUT2D eigenvalue weighted by molar-refractivity contribution is -0.116. The van der Waals surface area contributed by atoms with Crippen molar-refractivity contribution in [2.75, 3.05) is 37.8 Å². The first kappa shape index (κ1) is 23.4. The van der Waals surface area contributed by atoms with E-state index in [0.29, 0.717) is 11.7 Å². The van der Waals surface area contributed by atoms with Crippen molar-refractivity contribution in [1.29, 1.82) is 0 Å². The van der Waals surface area contributed by atoms with Crippen LogP contribution in [-0.4, -0.2) is 57.1 Å². The van der Waals surface area contributed by atoms with Crippen LogP contribution in [-0.2, 0) is 21.1 Å². The van der Waals surface area contributed by atoms with E-state index in [9.17, 15) is 13.2 Å². The van der Waals surface area contributed by atoms with Gasteiger partial charge in [0.25, 0.3) is 0 Å². The minimum atomic E-state index is -3.74. The van der Waals surface area contributed by atoms with Gasteiger partial charge in [-0.3, -0.25) is 9.69 Å². The minimum Gasteiger partial charge on any atom is -0.309 e. The van der Waals surface area contributed by atoms with Crippen molar-refractivity contribution in [3.63, 3.8) is 0 Å². The summed E-state index contributed by atoms with van der Waals surface area (Å²) in [5, 5.41) is 0.554. The molecule has 0 saturated heterocycles. The van der Waals surface area contributed by atoms with Crippen LogP contribution in [0.5, 0.6) is 0 Å². The average molecular weight is 460 g/mol. The Hall–Kier alpha value is -2.29. The molecule has 1 amide bonds. The van der Waals surface area contributed by atoms with Gasteiger partial charge in [-0.15, -0.1) is 0 Å². The topological polar surface area (TPSA) is 70.6 Å². The molecule has 1 heterocycles. The number of carbonyl (C=O) groups excluding carboxylic acids is 1. The van der Waals surface area contributed by atoms with Crippen molar-refractivity contribution in [3.8, 4) is 0 Å². The summed E-state index contributed by atoms with van der Waals surface area (Å²) in [7, 11) is 0.205. The average Bonchev–Trinajstić information content (AvgIpc) is 3.14. The van der Waals surface area contributed by atoms with E-state index in [1.807, 2.05) is 44.1 Å². The number of aromatic nitrogens is 1. The van der Waals surface area contributed by atoms with Gasteiger partial charge in [0.15, 0.2) is 15.0 Å². The van der Waals surface area contributed by atoms with E-state index < -0.39 is 21.5 Å². The summed E-state index contributed by atoms with van der Waals surface area (Å²) in [6, 6.07) is 12.6. The summed E-state index contributed by atoms with van der Waals surface area (Å²) in [5.41, 5.74) is 2.97. The lowest BCUT2D eigenvalue weighted by Gasteiger charge is -2.21. The van der Waals surface area contributed by atoms with Crippen LogP contribution in [0.25, 0.3) is 10.2 Å². The van der Waals surface area contributed by atoms with Crippen LogP contribution in [0, 0.1) is 6.92 Å². The molecule has 0 saturated carbocycles. The first-order chi connectivity index (χ1) is 14.7. The van der Waals surface area contributed by atoms with Gasteiger partial charge in [0.05, 0.1) is 15.1 Å². The van der Waals surface area contributed by atoms with Crippen LogP contribution in [0.1, 0.15) is 24.5 Å². The monoisotopic (exact) mass is 459 g/mol. The number of thiazole rings is 1. The second kappa shape index (κ2) is 9.89. The molecule has 3 aromatic rings. The van der Waals surface area contributed by atoms with Gasteiger partial charge < -0.3 is 4.90 Å². The second-order valence-electron chi connectivity index (χ2n) is 7.89. The molecule has 3 rings (SSSR count). The minimum absolute atomic E-state index is 0.164. The van der Waals surface area contributed by atoms with E-state index in [-0.39, 0.29) is 4.90 Å². The van der Waals surface area contributed by atoms with Crippen LogP contribution < -0.4 is 4.90 Å². The third-order valence-corrected chi connectivity index (χ3v) is 7.75. The molecule has 0 aliphatic heterocycles. The highest BCUT2D eigenvalue weighted by molar-refractivity contribution is 7.92. The molecule has 0 bridgehead atoms. The van der Waals surface area contributed by atoms with E-state index in [2.05, 4.69) is 6.92 Å². The molecule has 0 fully saturated rings. The largest absolute Gasteiger partial charge is 0.309 e. The normalized spacial score (nSPS) is 11.9. The summed E-state index contributed by atoms with van der Waals surface area (Å²) in [6.07, 6.45) is 1.57. The van der Waals surface area contributed by atoms with Gasteiger partial charge in [0, 0.05) is 6.54 Å². The molecule has 166 valence electrons. The van der Waals surface area contributed by atoms with Crippen LogP contribution in [0.3, 0.4) is 0 Å². The fourth-order valence-corrected chi connectivity index (χ4v) is 5.59. The standard InChI is InChI=1S/C23H29N3O3S2/c1-5-18-8-6-9-20-22(18)24-23(30-20)26(15-7-14-25(3)4)21(27)16-31(28,29)19-12-10-17(2)11-13-19/h6,8-13H,5,7,14-16H2,1-4H3. The molecule has 8 heteroatoms. The zero-order valence-electron chi connectivity index (χ0n) is 18.5. The molecule has 2 aromatic carbocycles. The Bertz CT molecular complexity index is 1150. The van der Waals surface area contributed by atoms with Crippen molar-refractivity contribution in [2.24, 2.45) is 0 Å². The fraction of sp³-hybridized carbons (Fsp3) is 0.391. The number of hydrogen-bond donors (Lipinski definition) is 0. The van der Waals surface area contributed by atoms with E-state index in [0.717, 1.165) is 40.7 Å². The highest BCUT2D eigenvalue weighted by Gasteiger charge is 2.26. The van der Waals surface area contributed by atoms with Gasteiger partial charge in [-0.1, -0.05) is 48.1 Å². The van der Waals surface area contributed by atoms with Gasteiger partial charge in [-0.05, 0) is 64.2 Å². The maximum Gasteiger partial charge on any atom is 0.244 e. The van der Waals surface area contributed by atoms with Crippen molar-refractivity contribution in [1.82, 2.24) is 9.88 Å². The predicted molar refractivity (Wildman–Crippen MR) is 128 cm³/mol. The molecule has 0 N–H and O–H groups in total. The molecule has 6 nitrogen and oxygen atoms in total. The van der Waals surface area contributed by atoms with Crippen LogP contribution >= 0.6 is 11.3 Å². The number of anilines is 1. The summed E-state index contributed by atoms with van der Waals surface area (Å²) >= 11 is 1.43. The smallest absolute Gasteiger partial charge is 0.244 e. The van der Waals surface area contributed by atoms with E-state index in [1.165, 1.54) is 11.3 Å². The summed E-state index contributed by atoms with van der Waals surface area (Å²) in [4.78, 5) is 21.7. The maximum absolute atomic E-state index is 13.2. The summed E-state index contributed by atoms with van der Waals surface area (Å²) in [6.45, 7) is 5.18. The molecule has 0 radical (unpaired) electrons. The molecular formula is C23H29N3O3S2. The first-order valence-electron chi connectivity index (χ1n) is 10.3. The SMILES string of the molecule is CCc1cccc2sc(N(CCCN(C)C)C(=O)CS(=O)(=O)c3ccc(C)cc3)nc12. The number of fused-ring (bicyclic) bond motifs is 1. The summed E-state index contributed by atoms with van der Waals surface area (Å²) in [5.74, 6) is -1.02. The number of carbonyl (C=O) groups is 1. The Balaban J connectivity index is 1.91. The Morgan fingerprint density at radius 3 is 2.42 bits per heavy atom. The van der Waals surface area contributed by atoms with Crippen LogP contribution in [0.4, 0.5) is 5.13 Å². The molecule has 0 aliphatic rings. The Morgan fingerprint density at radius 1 is 1.06 bits per heavy atom. The number of aryl methyl sites for hydroxylation is 2. The van der Waals surface area contributed by atoms with Crippen molar-refractivity contribution >= 4 is 42.4 Å². The Labute approximate surface area is 188 Å². The first-order valence-corrected chi connectivity index (χ1v) is 12.8. The number of nitrogens with zero attached hydrogens (tertiary/aromatic N) is 3. The highest BCUT2D eigenvalue weighted by atomic mass is 32.2. The predicted octanol–water partition coefficient (Wildman–Crippen LogP) is 3.93. The van der Waals surface area contributed by atoms with Crippen LogP contribution in [0.15, 0.2) is 47.4 Å². The number of sulfone groups is 1. The van der Waals surface area contributed by atoms with Gasteiger partial charge in [-0.25, -0.2) is 13.4 Å². The van der Waals surface area contributed by atoms with E-state index in [4.69, 9.17) is 4.98 Å². The maximum atomic E-state index is 13.2. The lowest BCUT2D eigenvalue weighted by Crippen LogP contribution is -2.37. The number of amides is 1. The number of hydrogen-bond acceptors (Lipinski definition) is 6. The van der Waals surface area contributed by atoms with Gasteiger partial charge in [-0.2, -0.15) is 0 Å². The third kappa shape index (κ3) is 5.70. The highest BCUT2D eigenvalue weighted by Crippen LogP contribution is 2.31. The van der Waals surface area contributed by atoms with Gasteiger partial charge >= 0.3 is 0 Å². The van der Waals surface area contributed by atoms with Crippen LogP contribution in [0.2, 0.25) is 0 Å². The van der Waals surface area contributed by atoms with E-state index in [1.54, 1.807) is 29.2 Å². The quantitative estimate of drug-likeness (QED) is 0.485. The van der Waals surface area contributed by atoms with Crippen molar-refractivity contribution < 1.29 is 13.2 Å². The van der Waals surface area contributed by atoms with Crippen molar-refractivity contribution in [3.05, 3.63) is 53.6 Å². The molecule has 0 atom stereocenters. The fourth-order valence-electron chi connectivity index (χ4n) is 3.34. The Morgan fingerprint density at radius 2 is 1.77 bits per heavy atom. The zero-order chi connectivity index (χ0) is 22.6. The summed E-state index contributed by atoms with van der Waals surface area (Å²) < 4.78 is 26.7. The number of para-hydroxylation sites is 1. The Kier molecular flexibility index (Phi) is 7.46. The molecule has 0 aliphatic carbocycles. The third-order valence-electron chi connectivity index (χ3n) is 5.08. The van der Waals surface area contributed by atoms with Gasteiger partial charge in [0.1, 0.15) is 5.75 Å². The second-order valence-corrected chi connectivity index (χ2v) is 10.9. The zero-order valence-corrected chi connectivity index (χ0v) is 20.1. The molecule has 0 unspecified atom stereocenters. The lowest BCUT2D eigenvalue weighted by atomic mass is 10.1.